The summed E-state index contributed by atoms with van der Waals surface area (Å²) in [5, 5.41) is 3.42. The molecule has 2 aliphatic rings. The molecule has 120 valence electrons. The lowest BCUT2D eigenvalue weighted by molar-refractivity contribution is 0.174. The zero-order chi connectivity index (χ0) is 15.6. The van der Waals surface area contributed by atoms with Gasteiger partial charge in [-0.3, -0.25) is 0 Å². The normalized spacial score (nSPS) is 15.9. The fraction of sp³-hybridized carbons (Fsp3) is 0.412. The summed E-state index contributed by atoms with van der Waals surface area (Å²) in [5.74, 6) is 2.66. The maximum Gasteiger partial charge on any atom is 0.231 e. The summed E-state index contributed by atoms with van der Waals surface area (Å²) >= 11 is 0. The number of benzene rings is 1. The molecule has 0 amide bonds. The quantitative estimate of drug-likeness (QED) is 0.927. The Morgan fingerprint density at radius 1 is 1.13 bits per heavy atom. The summed E-state index contributed by atoms with van der Waals surface area (Å²) in [7, 11) is 2.07. The average Bonchev–Trinajstić information content (AvgIpc) is 2.89. The lowest BCUT2D eigenvalue weighted by atomic mass is 10.1. The van der Waals surface area contributed by atoms with Gasteiger partial charge in [-0.1, -0.05) is 6.07 Å². The third-order valence-electron chi connectivity index (χ3n) is 4.32. The fourth-order valence-corrected chi connectivity index (χ4v) is 3.17. The molecule has 0 aliphatic carbocycles. The molecule has 6 heteroatoms. The fourth-order valence-electron chi connectivity index (χ4n) is 3.17. The number of ether oxygens (including phenoxy) is 2. The Morgan fingerprint density at radius 3 is 2.96 bits per heavy atom. The lowest BCUT2D eigenvalue weighted by Gasteiger charge is -2.22. The van der Waals surface area contributed by atoms with Crippen molar-refractivity contribution in [3.63, 3.8) is 0 Å². The first-order valence-corrected chi connectivity index (χ1v) is 7.94. The molecule has 0 fully saturated rings. The van der Waals surface area contributed by atoms with E-state index >= 15 is 0 Å². The zero-order valence-electron chi connectivity index (χ0n) is 13.2. The highest BCUT2D eigenvalue weighted by atomic mass is 16.7. The van der Waals surface area contributed by atoms with E-state index in [4.69, 9.17) is 9.47 Å². The second kappa shape index (κ2) is 6.04. The topological polar surface area (TPSA) is 59.5 Å². The number of hydrogen-bond acceptors (Lipinski definition) is 6. The van der Waals surface area contributed by atoms with Gasteiger partial charge in [0.1, 0.15) is 12.1 Å². The first-order chi connectivity index (χ1) is 11.3. The van der Waals surface area contributed by atoms with Crippen LogP contribution < -0.4 is 19.7 Å². The highest BCUT2D eigenvalue weighted by Crippen LogP contribution is 2.33. The number of hydrogen-bond donors (Lipinski definition) is 1. The van der Waals surface area contributed by atoms with Crippen LogP contribution in [-0.4, -0.2) is 36.9 Å². The molecular formula is C17H20N4O2. The molecule has 2 aromatic rings. The second-order valence-electron chi connectivity index (χ2n) is 5.92. The van der Waals surface area contributed by atoms with Crippen LogP contribution in [0.15, 0.2) is 24.5 Å². The molecule has 4 rings (SSSR count). The third kappa shape index (κ3) is 2.82. The van der Waals surface area contributed by atoms with Gasteiger partial charge in [0.25, 0.3) is 0 Å². The number of fused-ring (bicyclic) bond motifs is 2. The van der Waals surface area contributed by atoms with E-state index in [9.17, 15) is 0 Å². The van der Waals surface area contributed by atoms with Crippen molar-refractivity contribution in [3.05, 3.63) is 41.3 Å². The number of nitrogens with one attached hydrogen (secondary N) is 1. The molecule has 23 heavy (non-hydrogen) atoms. The van der Waals surface area contributed by atoms with E-state index in [1.54, 1.807) is 6.33 Å². The molecule has 1 aromatic heterocycles. The van der Waals surface area contributed by atoms with Crippen LogP contribution in [0.3, 0.4) is 0 Å². The summed E-state index contributed by atoms with van der Waals surface area (Å²) in [6.07, 6.45) is 3.61. The van der Waals surface area contributed by atoms with Gasteiger partial charge < -0.3 is 19.7 Å². The molecule has 0 saturated heterocycles. The van der Waals surface area contributed by atoms with Gasteiger partial charge in [-0.2, -0.15) is 0 Å². The van der Waals surface area contributed by atoms with E-state index in [0.717, 1.165) is 55.5 Å². The standard InChI is InChI=1S/C17H20N4O2/c1-21(9-12-2-3-15-16(8-12)23-11-22-15)17-13-4-6-18-7-5-14(13)19-10-20-17/h2-3,8,10,18H,4-7,9,11H2,1H3. The Morgan fingerprint density at radius 2 is 2.00 bits per heavy atom. The molecule has 0 unspecified atom stereocenters. The van der Waals surface area contributed by atoms with Crippen LogP contribution in [0.5, 0.6) is 11.5 Å². The predicted molar refractivity (Wildman–Crippen MR) is 87.0 cm³/mol. The smallest absolute Gasteiger partial charge is 0.231 e. The molecule has 1 aromatic carbocycles. The summed E-state index contributed by atoms with van der Waals surface area (Å²) in [5.41, 5.74) is 3.61. The van der Waals surface area contributed by atoms with Crippen LogP contribution in [0.2, 0.25) is 0 Å². The number of rotatable bonds is 3. The highest BCUT2D eigenvalue weighted by molar-refractivity contribution is 5.50. The summed E-state index contributed by atoms with van der Waals surface area (Å²) in [6, 6.07) is 6.08. The zero-order valence-corrected chi connectivity index (χ0v) is 13.2. The molecular weight excluding hydrogens is 292 g/mol. The summed E-state index contributed by atoms with van der Waals surface area (Å²) in [4.78, 5) is 11.2. The van der Waals surface area contributed by atoms with Crippen molar-refractivity contribution in [2.75, 3.05) is 31.8 Å². The van der Waals surface area contributed by atoms with Crippen molar-refractivity contribution in [1.82, 2.24) is 15.3 Å². The van der Waals surface area contributed by atoms with Crippen molar-refractivity contribution in [3.8, 4) is 11.5 Å². The molecule has 0 bridgehead atoms. The monoisotopic (exact) mass is 312 g/mol. The SMILES string of the molecule is CN(Cc1ccc2c(c1)OCO2)c1ncnc2c1CCNCC2. The summed E-state index contributed by atoms with van der Waals surface area (Å²) in [6.45, 7) is 3.04. The van der Waals surface area contributed by atoms with Gasteiger partial charge in [0, 0.05) is 32.1 Å². The largest absolute Gasteiger partial charge is 0.454 e. The molecule has 2 aliphatic heterocycles. The van der Waals surface area contributed by atoms with Crippen LogP contribution in [-0.2, 0) is 19.4 Å². The minimum atomic E-state index is 0.307. The van der Waals surface area contributed by atoms with E-state index < -0.39 is 0 Å². The van der Waals surface area contributed by atoms with Gasteiger partial charge in [-0.25, -0.2) is 9.97 Å². The average molecular weight is 312 g/mol. The van der Waals surface area contributed by atoms with Gasteiger partial charge in [0.2, 0.25) is 6.79 Å². The molecule has 0 atom stereocenters. The number of anilines is 1. The maximum atomic E-state index is 5.46. The Hall–Kier alpha value is -2.34. The van der Waals surface area contributed by atoms with E-state index in [1.807, 2.05) is 12.1 Å². The minimum Gasteiger partial charge on any atom is -0.454 e. The predicted octanol–water partition coefficient (Wildman–Crippen LogP) is 1.53. The molecule has 6 nitrogen and oxygen atoms in total. The second-order valence-corrected chi connectivity index (χ2v) is 5.92. The van der Waals surface area contributed by atoms with Crippen LogP contribution in [0.1, 0.15) is 16.8 Å². The van der Waals surface area contributed by atoms with Crippen LogP contribution in [0.4, 0.5) is 5.82 Å². The Labute approximate surface area is 135 Å². The van der Waals surface area contributed by atoms with Crippen LogP contribution >= 0.6 is 0 Å². The third-order valence-corrected chi connectivity index (χ3v) is 4.32. The molecule has 1 N–H and O–H groups in total. The molecule has 0 saturated carbocycles. The first-order valence-electron chi connectivity index (χ1n) is 7.94. The van der Waals surface area contributed by atoms with Crippen molar-refractivity contribution in [1.29, 1.82) is 0 Å². The van der Waals surface area contributed by atoms with Gasteiger partial charge in [-0.05, 0) is 30.7 Å². The molecule has 0 spiro atoms. The Balaban J connectivity index is 1.58. The van der Waals surface area contributed by atoms with Crippen LogP contribution in [0, 0.1) is 0 Å². The van der Waals surface area contributed by atoms with Crippen molar-refractivity contribution >= 4 is 5.82 Å². The number of nitrogens with zero attached hydrogens (tertiary/aromatic N) is 3. The highest BCUT2D eigenvalue weighted by Gasteiger charge is 2.18. The maximum absolute atomic E-state index is 5.46. The molecule has 0 radical (unpaired) electrons. The van der Waals surface area contributed by atoms with Gasteiger partial charge >= 0.3 is 0 Å². The Bertz CT molecular complexity index is 720. The van der Waals surface area contributed by atoms with Gasteiger partial charge in [0.15, 0.2) is 11.5 Å². The van der Waals surface area contributed by atoms with E-state index in [1.165, 1.54) is 11.1 Å². The van der Waals surface area contributed by atoms with Crippen molar-refractivity contribution < 1.29 is 9.47 Å². The van der Waals surface area contributed by atoms with E-state index in [0.29, 0.717) is 6.79 Å². The number of aromatic nitrogens is 2. The van der Waals surface area contributed by atoms with Crippen molar-refractivity contribution in [2.45, 2.75) is 19.4 Å². The van der Waals surface area contributed by atoms with E-state index in [2.05, 4.69) is 33.3 Å². The first kappa shape index (κ1) is 14.3. The minimum absolute atomic E-state index is 0.307. The van der Waals surface area contributed by atoms with Crippen LogP contribution in [0.25, 0.3) is 0 Å². The van der Waals surface area contributed by atoms with Crippen molar-refractivity contribution in [2.24, 2.45) is 0 Å². The van der Waals surface area contributed by atoms with Gasteiger partial charge in [-0.15, -0.1) is 0 Å². The van der Waals surface area contributed by atoms with E-state index in [-0.39, 0.29) is 0 Å². The van der Waals surface area contributed by atoms with Gasteiger partial charge in [0.05, 0.1) is 5.69 Å². The lowest BCUT2D eigenvalue weighted by Crippen LogP contribution is -2.21. The Kier molecular flexibility index (Phi) is 3.75. The molecule has 3 heterocycles. The summed E-state index contributed by atoms with van der Waals surface area (Å²) < 4.78 is 10.8.